The molecule has 1 amide bonds. The lowest BCUT2D eigenvalue weighted by Crippen LogP contribution is -2.33. The summed E-state index contributed by atoms with van der Waals surface area (Å²) in [6.07, 6.45) is 1.68. The first-order valence-corrected chi connectivity index (χ1v) is 7.67. The van der Waals surface area contributed by atoms with Crippen LogP contribution < -0.4 is 5.32 Å². The average molecular weight is 335 g/mol. The number of amides is 1. The van der Waals surface area contributed by atoms with E-state index in [1.165, 1.54) is 0 Å². The van der Waals surface area contributed by atoms with Crippen molar-refractivity contribution in [3.05, 3.63) is 41.0 Å². The van der Waals surface area contributed by atoms with E-state index >= 15 is 0 Å². The van der Waals surface area contributed by atoms with E-state index in [2.05, 4.69) is 10.5 Å². The van der Waals surface area contributed by atoms with Gasteiger partial charge in [0.15, 0.2) is 11.5 Å². The molecule has 0 radical (unpaired) electrons. The number of carbonyl (C=O) groups excluding carboxylic acids is 1. The smallest absolute Gasteiger partial charge is 0.306 e. The fourth-order valence-electron chi connectivity index (χ4n) is 2.73. The van der Waals surface area contributed by atoms with Crippen LogP contribution in [0.25, 0.3) is 11.3 Å². The first-order chi connectivity index (χ1) is 11.0. The molecule has 0 aliphatic heterocycles. The molecule has 6 nitrogen and oxygen atoms in total. The van der Waals surface area contributed by atoms with Gasteiger partial charge in [0, 0.05) is 22.7 Å². The minimum Gasteiger partial charge on any atom is -0.481 e. The number of rotatable bonds is 4. The number of carbonyl (C=O) groups is 2. The molecular formula is C16H15ClN2O4. The van der Waals surface area contributed by atoms with Crippen LogP contribution in [-0.2, 0) is 4.79 Å². The van der Waals surface area contributed by atoms with Crippen LogP contribution in [0.1, 0.15) is 29.8 Å². The summed E-state index contributed by atoms with van der Waals surface area (Å²) in [6, 6.07) is 8.42. The molecule has 1 aromatic carbocycles. The summed E-state index contributed by atoms with van der Waals surface area (Å²) < 4.78 is 5.19. The molecule has 2 atom stereocenters. The molecular weight excluding hydrogens is 320 g/mol. The van der Waals surface area contributed by atoms with Crippen LogP contribution >= 0.6 is 11.6 Å². The van der Waals surface area contributed by atoms with Crippen LogP contribution in [0.3, 0.4) is 0 Å². The van der Waals surface area contributed by atoms with Crippen LogP contribution in [-0.4, -0.2) is 28.2 Å². The molecule has 3 rings (SSSR count). The SMILES string of the molecule is O=C(N[C@H]1CC[C@@H](C(=O)O)C1)c1cc(-c2ccc(Cl)cc2)on1. The fraction of sp³-hybridized carbons (Fsp3) is 0.312. The number of carboxylic acid groups (broad SMARTS) is 1. The van der Waals surface area contributed by atoms with E-state index < -0.39 is 5.97 Å². The highest BCUT2D eigenvalue weighted by molar-refractivity contribution is 6.30. The summed E-state index contributed by atoms with van der Waals surface area (Å²) in [5.41, 5.74) is 0.946. The quantitative estimate of drug-likeness (QED) is 0.896. The Morgan fingerprint density at radius 1 is 1.26 bits per heavy atom. The number of carboxylic acids is 1. The standard InChI is InChI=1S/C16H15ClN2O4/c17-11-4-1-9(2-5-11)14-8-13(19-23-14)15(20)18-12-6-3-10(7-12)16(21)22/h1-2,4-5,8,10,12H,3,6-7H2,(H,18,20)(H,21,22)/t10-,12+/m1/s1. The number of nitrogens with zero attached hydrogens (tertiary/aromatic N) is 1. The Labute approximate surface area is 137 Å². The van der Waals surface area contributed by atoms with Crippen LogP contribution in [0, 0.1) is 5.92 Å². The van der Waals surface area contributed by atoms with Gasteiger partial charge in [0.1, 0.15) is 0 Å². The zero-order valence-electron chi connectivity index (χ0n) is 12.2. The molecule has 0 spiro atoms. The molecule has 1 aliphatic carbocycles. The molecule has 23 heavy (non-hydrogen) atoms. The van der Waals surface area contributed by atoms with Gasteiger partial charge in [0.2, 0.25) is 0 Å². The van der Waals surface area contributed by atoms with Crippen molar-refractivity contribution < 1.29 is 19.2 Å². The average Bonchev–Trinajstić information content (AvgIpc) is 3.17. The summed E-state index contributed by atoms with van der Waals surface area (Å²) in [6.45, 7) is 0. The van der Waals surface area contributed by atoms with E-state index in [-0.39, 0.29) is 23.6 Å². The second-order valence-electron chi connectivity index (χ2n) is 5.60. The third-order valence-corrected chi connectivity index (χ3v) is 4.24. The minimum absolute atomic E-state index is 0.140. The van der Waals surface area contributed by atoms with Crippen molar-refractivity contribution in [3.63, 3.8) is 0 Å². The van der Waals surface area contributed by atoms with E-state index in [1.807, 2.05) is 0 Å². The van der Waals surface area contributed by atoms with Crippen molar-refractivity contribution in [1.29, 1.82) is 0 Å². The Morgan fingerprint density at radius 3 is 2.65 bits per heavy atom. The maximum absolute atomic E-state index is 12.2. The number of aliphatic carboxylic acids is 1. The molecule has 1 aromatic heterocycles. The predicted octanol–water partition coefficient (Wildman–Crippen LogP) is 2.98. The molecule has 0 unspecified atom stereocenters. The Balaban J connectivity index is 1.65. The molecule has 7 heteroatoms. The van der Waals surface area contributed by atoms with Gasteiger partial charge in [-0.2, -0.15) is 0 Å². The molecule has 120 valence electrons. The van der Waals surface area contributed by atoms with E-state index in [0.29, 0.717) is 30.0 Å². The highest BCUT2D eigenvalue weighted by Crippen LogP contribution is 2.26. The van der Waals surface area contributed by atoms with E-state index in [4.69, 9.17) is 21.2 Å². The van der Waals surface area contributed by atoms with Gasteiger partial charge in [-0.3, -0.25) is 9.59 Å². The van der Waals surface area contributed by atoms with Crippen LogP contribution in [0.5, 0.6) is 0 Å². The summed E-state index contributed by atoms with van der Waals surface area (Å²) in [5, 5.41) is 16.2. The molecule has 0 saturated heterocycles. The van der Waals surface area contributed by atoms with Gasteiger partial charge in [0.25, 0.3) is 5.91 Å². The van der Waals surface area contributed by atoms with E-state index in [1.54, 1.807) is 30.3 Å². The number of benzene rings is 1. The van der Waals surface area contributed by atoms with Crippen molar-refractivity contribution in [1.82, 2.24) is 10.5 Å². The first-order valence-electron chi connectivity index (χ1n) is 7.29. The van der Waals surface area contributed by atoms with E-state index in [0.717, 1.165) is 5.56 Å². The minimum atomic E-state index is -0.812. The number of halogens is 1. The van der Waals surface area contributed by atoms with Crippen LogP contribution in [0.2, 0.25) is 5.02 Å². The Kier molecular flexibility index (Phi) is 4.34. The monoisotopic (exact) mass is 334 g/mol. The van der Waals surface area contributed by atoms with Gasteiger partial charge in [0.05, 0.1) is 5.92 Å². The van der Waals surface area contributed by atoms with Crippen LogP contribution in [0.4, 0.5) is 0 Å². The van der Waals surface area contributed by atoms with Gasteiger partial charge >= 0.3 is 5.97 Å². The summed E-state index contributed by atoms with van der Waals surface area (Å²) in [7, 11) is 0. The Morgan fingerprint density at radius 2 is 2.00 bits per heavy atom. The first kappa shape index (κ1) is 15.6. The molecule has 2 aromatic rings. The molecule has 1 aliphatic rings. The summed E-state index contributed by atoms with van der Waals surface area (Å²) in [4.78, 5) is 23.1. The van der Waals surface area contributed by atoms with Crippen molar-refractivity contribution in [3.8, 4) is 11.3 Å². The number of hydrogen-bond acceptors (Lipinski definition) is 4. The lowest BCUT2D eigenvalue weighted by molar-refractivity contribution is -0.141. The highest BCUT2D eigenvalue weighted by Gasteiger charge is 2.31. The molecule has 0 bridgehead atoms. The predicted molar refractivity (Wildman–Crippen MR) is 83.2 cm³/mol. The maximum Gasteiger partial charge on any atom is 0.306 e. The molecule has 2 N–H and O–H groups in total. The normalized spacial score (nSPS) is 20.4. The molecule has 1 heterocycles. The summed E-state index contributed by atoms with van der Waals surface area (Å²) in [5.74, 6) is -1.08. The van der Waals surface area contributed by atoms with E-state index in [9.17, 15) is 9.59 Å². The zero-order valence-corrected chi connectivity index (χ0v) is 12.9. The summed E-state index contributed by atoms with van der Waals surface area (Å²) >= 11 is 5.83. The van der Waals surface area contributed by atoms with Gasteiger partial charge < -0.3 is 14.9 Å². The topological polar surface area (TPSA) is 92.4 Å². The lowest BCUT2D eigenvalue weighted by Gasteiger charge is -2.10. The van der Waals surface area contributed by atoms with Gasteiger partial charge in [-0.1, -0.05) is 16.8 Å². The van der Waals surface area contributed by atoms with Crippen molar-refractivity contribution in [2.75, 3.05) is 0 Å². The van der Waals surface area contributed by atoms with Crippen molar-refractivity contribution in [2.45, 2.75) is 25.3 Å². The molecule has 1 fully saturated rings. The number of hydrogen-bond donors (Lipinski definition) is 2. The van der Waals surface area contributed by atoms with Crippen molar-refractivity contribution in [2.24, 2.45) is 5.92 Å². The second-order valence-corrected chi connectivity index (χ2v) is 6.04. The Bertz CT molecular complexity index is 726. The van der Waals surface area contributed by atoms with Gasteiger partial charge in [-0.15, -0.1) is 0 Å². The van der Waals surface area contributed by atoms with Gasteiger partial charge in [-0.05, 0) is 43.5 Å². The lowest BCUT2D eigenvalue weighted by atomic mass is 10.1. The van der Waals surface area contributed by atoms with Crippen LogP contribution in [0.15, 0.2) is 34.9 Å². The fourth-order valence-corrected chi connectivity index (χ4v) is 2.85. The maximum atomic E-state index is 12.2. The number of nitrogens with one attached hydrogen (secondary N) is 1. The Hall–Kier alpha value is -2.34. The van der Waals surface area contributed by atoms with Crippen molar-refractivity contribution >= 4 is 23.5 Å². The third-order valence-electron chi connectivity index (χ3n) is 3.99. The number of aromatic nitrogens is 1. The largest absolute Gasteiger partial charge is 0.481 e. The second kappa shape index (κ2) is 6.42. The highest BCUT2D eigenvalue weighted by atomic mass is 35.5. The third kappa shape index (κ3) is 3.53. The van der Waals surface area contributed by atoms with Gasteiger partial charge in [-0.25, -0.2) is 0 Å². The zero-order chi connectivity index (χ0) is 16.4. The molecule has 1 saturated carbocycles.